The van der Waals surface area contributed by atoms with Crippen molar-refractivity contribution in [3.8, 4) is 0 Å². The number of piperidine rings is 1. The summed E-state index contributed by atoms with van der Waals surface area (Å²) in [6.07, 6.45) is 1.77. The van der Waals surface area contributed by atoms with Crippen molar-refractivity contribution < 1.29 is 13.9 Å². The van der Waals surface area contributed by atoms with Crippen LogP contribution in [0, 0.1) is 5.41 Å². The first-order chi connectivity index (χ1) is 12.2. The lowest BCUT2D eigenvalue weighted by molar-refractivity contribution is 0.00598. The number of likely N-dealkylation sites (tertiary alicyclic amines) is 1. The molecule has 0 atom stereocenters. The second-order valence-corrected chi connectivity index (χ2v) is 8.52. The molecule has 2 aliphatic heterocycles. The molecule has 2 aromatic rings. The van der Waals surface area contributed by atoms with Crippen molar-refractivity contribution in [2.24, 2.45) is 5.41 Å². The Morgan fingerprint density at radius 2 is 1.92 bits per heavy atom. The number of ether oxygens (including phenoxy) is 1. The Morgan fingerprint density at radius 1 is 1.23 bits per heavy atom. The summed E-state index contributed by atoms with van der Waals surface area (Å²) < 4.78 is 10.6. The maximum Gasteiger partial charge on any atom is 0.417 e. The number of anilines is 1. The highest BCUT2D eigenvalue weighted by Crippen LogP contribution is 2.43. The van der Waals surface area contributed by atoms with Crippen LogP contribution in [-0.4, -0.2) is 47.8 Å². The molecule has 0 unspecified atom stereocenters. The van der Waals surface area contributed by atoms with Crippen LogP contribution in [0.2, 0.25) is 0 Å². The quantitative estimate of drug-likeness (QED) is 0.847. The Hall–Kier alpha value is -2.44. The fraction of sp³-hybridized carbons (Fsp3) is 0.579. The zero-order valence-corrected chi connectivity index (χ0v) is 15.5. The smallest absolute Gasteiger partial charge is 0.417 e. The molecule has 1 aromatic heterocycles. The molecule has 0 radical (unpaired) electrons. The van der Waals surface area contributed by atoms with E-state index in [9.17, 15) is 9.59 Å². The molecule has 2 aliphatic rings. The van der Waals surface area contributed by atoms with Gasteiger partial charge in [0.15, 0.2) is 5.58 Å². The average molecular weight is 359 g/mol. The number of nitrogens with one attached hydrogen (secondary N) is 1. The number of fused-ring (bicyclic) bond motifs is 1. The average Bonchev–Trinajstić information content (AvgIpc) is 2.90. The van der Waals surface area contributed by atoms with Crippen molar-refractivity contribution in [3.63, 3.8) is 0 Å². The van der Waals surface area contributed by atoms with E-state index in [0.717, 1.165) is 50.2 Å². The highest BCUT2D eigenvalue weighted by molar-refractivity contribution is 5.77. The monoisotopic (exact) mass is 359 g/mol. The van der Waals surface area contributed by atoms with E-state index in [-0.39, 0.29) is 11.5 Å². The van der Waals surface area contributed by atoms with Gasteiger partial charge in [0, 0.05) is 43.3 Å². The number of rotatable bonds is 1. The van der Waals surface area contributed by atoms with Crippen molar-refractivity contribution >= 4 is 22.9 Å². The largest absolute Gasteiger partial charge is 0.444 e. The van der Waals surface area contributed by atoms with Crippen LogP contribution in [0.5, 0.6) is 0 Å². The summed E-state index contributed by atoms with van der Waals surface area (Å²) in [5, 5.41) is 0. The Labute approximate surface area is 151 Å². The Kier molecular flexibility index (Phi) is 3.78. The van der Waals surface area contributed by atoms with Gasteiger partial charge in [0.1, 0.15) is 5.60 Å². The maximum absolute atomic E-state index is 12.2. The number of oxazole rings is 1. The van der Waals surface area contributed by atoms with Crippen molar-refractivity contribution in [2.45, 2.75) is 39.2 Å². The fourth-order valence-electron chi connectivity index (χ4n) is 3.88. The van der Waals surface area contributed by atoms with E-state index in [4.69, 9.17) is 9.15 Å². The van der Waals surface area contributed by atoms with Crippen LogP contribution in [0.15, 0.2) is 27.4 Å². The van der Waals surface area contributed by atoms with Gasteiger partial charge in [0.25, 0.3) is 0 Å². The second-order valence-electron chi connectivity index (χ2n) is 8.52. The Morgan fingerprint density at radius 3 is 2.58 bits per heavy atom. The third-order valence-electron chi connectivity index (χ3n) is 5.30. The van der Waals surface area contributed by atoms with Gasteiger partial charge in [-0.05, 0) is 45.7 Å². The molecule has 2 saturated heterocycles. The third kappa shape index (κ3) is 3.18. The molecule has 0 aliphatic carbocycles. The van der Waals surface area contributed by atoms with Crippen molar-refractivity contribution in [2.75, 3.05) is 31.1 Å². The molecule has 26 heavy (non-hydrogen) atoms. The fourth-order valence-corrected chi connectivity index (χ4v) is 3.88. The number of amides is 1. The van der Waals surface area contributed by atoms with E-state index in [1.54, 1.807) is 0 Å². The molecular weight excluding hydrogens is 334 g/mol. The van der Waals surface area contributed by atoms with Gasteiger partial charge in [-0.25, -0.2) is 9.59 Å². The number of benzene rings is 1. The van der Waals surface area contributed by atoms with Crippen LogP contribution >= 0.6 is 0 Å². The van der Waals surface area contributed by atoms with Gasteiger partial charge < -0.3 is 19.0 Å². The van der Waals surface area contributed by atoms with E-state index in [2.05, 4.69) is 9.88 Å². The minimum absolute atomic E-state index is 0.212. The number of H-pyrrole nitrogens is 1. The number of hydrogen-bond acceptors (Lipinski definition) is 5. The van der Waals surface area contributed by atoms with Gasteiger partial charge in [0.2, 0.25) is 0 Å². The SMILES string of the molecule is CC(C)(C)OC(=O)N1CCC2(CC1)CN(c1ccc3[nH]c(=O)oc3c1)C2. The summed E-state index contributed by atoms with van der Waals surface area (Å²) in [4.78, 5) is 30.3. The van der Waals surface area contributed by atoms with Crippen LogP contribution < -0.4 is 10.7 Å². The van der Waals surface area contributed by atoms with E-state index in [1.807, 2.05) is 43.9 Å². The molecule has 7 nitrogen and oxygen atoms in total. The molecular formula is C19H25N3O4. The highest BCUT2D eigenvalue weighted by atomic mass is 16.6. The highest BCUT2D eigenvalue weighted by Gasteiger charge is 2.46. The van der Waals surface area contributed by atoms with Gasteiger partial charge in [-0.1, -0.05) is 0 Å². The van der Waals surface area contributed by atoms with Crippen molar-refractivity contribution in [3.05, 3.63) is 28.7 Å². The molecule has 0 saturated carbocycles. The molecule has 1 aromatic carbocycles. The van der Waals surface area contributed by atoms with Crippen LogP contribution in [0.25, 0.3) is 11.1 Å². The van der Waals surface area contributed by atoms with E-state index in [1.165, 1.54) is 0 Å². The summed E-state index contributed by atoms with van der Waals surface area (Å²) in [5.41, 5.74) is 2.20. The van der Waals surface area contributed by atoms with Gasteiger partial charge in [-0.3, -0.25) is 4.98 Å². The number of aromatic nitrogens is 1. The standard InChI is InChI=1S/C19H25N3O4/c1-18(2,3)26-17(24)21-8-6-19(7-9-21)11-22(12-19)13-4-5-14-15(10-13)25-16(23)20-14/h4-5,10H,6-9,11-12H2,1-3H3,(H,20,23). The third-order valence-corrected chi connectivity index (χ3v) is 5.30. The van der Waals surface area contributed by atoms with E-state index < -0.39 is 11.4 Å². The van der Waals surface area contributed by atoms with Gasteiger partial charge >= 0.3 is 11.8 Å². The summed E-state index contributed by atoms with van der Waals surface area (Å²) in [6, 6.07) is 5.80. The lowest BCUT2D eigenvalue weighted by Crippen LogP contribution is -2.61. The lowest BCUT2D eigenvalue weighted by atomic mass is 9.72. The molecule has 0 bridgehead atoms. The minimum atomic E-state index is -0.453. The Bertz CT molecular complexity index is 876. The number of aromatic amines is 1. The second kappa shape index (κ2) is 5.79. The van der Waals surface area contributed by atoms with Gasteiger partial charge in [0.05, 0.1) is 5.52 Å². The van der Waals surface area contributed by atoms with Crippen LogP contribution in [0.3, 0.4) is 0 Å². The first-order valence-electron chi connectivity index (χ1n) is 9.09. The van der Waals surface area contributed by atoms with E-state index in [0.29, 0.717) is 5.58 Å². The lowest BCUT2D eigenvalue weighted by Gasteiger charge is -2.54. The minimum Gasteiger partial charge on any atom is -0.444 e. The molecule has 2 fully saturated rings. The molecule has 1 amide bonds. The predicted molar refractivity (Wildman–Crippen MR) is 98.5 cm³/mol. The topological polar surface area (TPSA) is 78.8 Å². The zero-order chi connectivity index (χ0) is 18.5. The summed E-state index contributed by atoms with van der Waals surface area (Å²) in [5.74, 6) is -0.424. The van der Waals surface area contributed by atoms with Crippen molar-refractivity contribution in [1.29, 1.82) is 0 Å². The predicted octanol–water partition coefficient (Wildman–Crippen LogP) is 2.96. The molecule has 7 heteroatoms. The number of carbonyl (C=O) groups excluding carboxylic acids is 1. The van der Waals surface area contributed by atoms with E-state index >= 15 is 0 Å². The molecule has 1 N–H and O–H groups in total. The molecule has 140 valence electrons. The first kappa shape index (κ1) is 17.0. The molecule has 3 heterocycles. The van der Waals surface area contributed by atoms with Crippen LogP contribution in [0.1, 0.15) is 33.6 Å². The molecule has 4 rings (SSSR count). The van der Waals surface area contributed by atoms with Crippen LogP contribution in [-0.2, 0) is 4.74 Å². The number of hydrogen-bond donors (Lipinski definition) is 1. The number of nitrogens with zero attached hydrogens (tertiary/aromatic N) is 2. The summed E-state index contributed by atoms with van der Waals surface area (Å²) >= 11 is 0. The summed E-state index contributed by atoms with van der Waals surface area (Å²) in [7, 11) is 0. The van der Waals surface area contributed by atoms with Crippen LogP contribution in [0.4, 0.5) is 10.5 Å². The van der Waals surface area contributed by atoms with Gasteiger partial charge in [-0.2, -0.15) is 0 Å². The zero-order valence-electron chi connectivity index (χ0n) is 15.5. The van der Waals surface area contributed by atoms with Crippen molar-refractivity contribution in [1.82, 2.24) is 9.88 Å². The Balaban J connectivity index is 1.35. The summed E-state index contributed by atoms with van der Waals surface area (Å²) in [6.45, 7) is 9.10. The normalized spacial score (nSPS) is 19.7. The van der Waals surface area contributed by atoms with Gasteiger partial charge in [-0.15, -0.1) is 0 Å². The molecule has 1 spiro atoms. The number of carbonyl (C=O) groups is 1. The maximum atomic E-state index is 12.2. The first-order valence-corrected chi connectivity index (χ1v) is 9.09.